The van der Waals surface area contributed by atoms with Gasteiger partial charge < -0.3 is 24.8 Å². The molecule has 0 saturated heterocycles. The third-order valence-corrected chi connectivity index (χ3v) is 3.73. The van der Waals surface area contributed by atoms with E-state index in [1.807, 2.05) is 30.3 Å². The summed E-state index contributed by atoms with van der Waals surface area (Å²) in [7, 11) is 2.98. The molecule has 7 nitrogen and oxygen atoms in total. The van der Waals surface area contributed by atoms with Crippen molar-refractivity contribution in [3.8, 4) is 17.2 Å². The van der Waals surface area contributed by atoms with Crippen molar-refractivity contribution in [1.82, 2.24) is 10.6 Å². The minimum atomic E-state index is -0.328. The van der Waals surface area contributed by atoms with Gasteiger partial charge in [0.15, 0.2) is 0 Å². The van der Waals surface area contributed by atoms with Crippen LogP contribution in [0.3, 0.4) is 0 Å². The fraction of sp³-hybridized carbons (Fsp3) is 0.300. The van der Waals surface area contributed by atoms with Crippen molar-refractivity contribution in [2.75, 3.05) is 33.9 Å². The van der Waals surface area contributed by atoms with Gasteiger partial charge in [0.2, 0.25) is 5.91 Å². The summed E-state index contributed by atoms with van der Waals surface area (Å²) in [6.07, 6.45) is 0.239. The van der Waals surface area contributed by atoms with Crippen molar-refractivity contribution in [2.45, 2.75) is 6.42 Å². The van der Waals surface area contributed by atoms with E-state index in [1.54, 1.807) is 18.2 Å². The summed E-state index contributed by atoms with van der Waals surface area (Å²) in [5.74, 6) is 1.10. The molecule has 2 aromatic rings. The monoisotopic (exact) mass is 372 g/mol. The predicted octanol–water partition coefficient (Wildman–Crippen LogP) is 2.02. The molecule has 2 amide bonds. The third kappa shape index (κ3) is 6.22. The van der Waals surface area contributed by atoms with Crippen LogP contribution in [-0.4, -0.2) is 45.7 Å². The van der Waals surface area contributed by atoms with E-state index < -0.39 is 0 Å². The molecule has 2 rings (SSSR count). The first-order chi connectivity index (χ1) is 13.2. The minimum Gasteiger partial charge on any atom is -0.496 e. The van der Waals surface area contributed by atoms with Crippen LogP contribution in [0, 0.1) is 0 Å². The Balaban J connectivity index is 1.70. The molecule has 0 saturated carbocycles. The lowest BCUT2D eigenvalue weighted by Gasteiger charge is -2.13. The van der Waals surface area contributed by atoms with Crippen molar-refractivity contribution >= 4 is 11.8 Å². The molecule has 0 spiro atoms. The van der Waals surface area contributed by atoms with Gasteiger partial charge in [-0.25, -0.2) is 0 Å². The number of benzene rings is 2. The Morgan fingerprint density at radius 1 is 0.852 bits per heavy atom. The fourth-order valence-corrected chi connectivity index (χ4v) is 2.41. The van der Waals surface area contributed by atoms with Crippen LogP contribution in [0.15, 0.2) is 48.5 Å². The third-order valence-electron chi connectivity index (χ3n) is 3.73. The van der Waals surface area contributed by atoms with Gasteiger partial charge in [-0.05, 0) is 24.3 Å². The summed E-state index contributed by atoms with van der Waals surface area (Å²) in [4.78, 5) is 24.2. The highest BCUT2D eigenvalue weighted by molar-refractivity contribution is 5.99. The average Bonchev–Trinajstić information content (AvgIpc) is 2.71. The van der Waals surface area contributed by atoms with E-state index in [1.165, 1.54) is 14.2 Å². The molecular weight excluding hydrogens is 348 g/mol. The number of carbonyl (C=O) groups excluding carboxylic acids is 2. The molecule has 0 aliphatic rings. The highest BCUT2D eigenvalue weighted by Gasteiger charge is 2.17. The van der Waals surface area contributed by atoms with E-state index in [9.17, 15) is 9.59 Å². The second-order valence-electron chi connectivity index (χ2n) is 5.55. The molecule has 0 aliphatic carbocycles. The second-order valence-corrected chi connectivity index (χ2v) is 5.55. The van der Waals surface area contributed by atoms with E-state index >= 15 is 0 Å². The second kappa shape index (κ2) is 10.7. The molecule has 7 heteroatoms. The molecule has 0 bridgehead atoms. The van der Waals surface area contributed by atoms with E-state index in [-0.39, 0.29) is 24.8 Å². The Morgan fingerprint density at radius 3 is 2.11 bits per heavy atom. The number of amides is 2. The zero-order valence-electron chi connectivity index (χ0n) is 15.5. The van der Waals surface area contributed by atoms with Crippen LogP contribution in [0.4, 0.5) is 0 Å². The molecule has 2 N–H and O–H groups in total. The van der Waals surface area contributed by atoms with Crippen molar-refractivity contribution < 1.29 is 23.8 Å². The zero-order chi connectivity index (χ0) is 19.5. The quantitative estimate of drug-likeness (QED) is 0.623. The van der Waals surface area contributed by atoms with Crippen LogP contribution in [0.5, 0.6) is 17.2 Å². The zero-order valence-corrected chi connectivity index (χ0v) is 15.5. The van der Waals surface area contributed by atoms with Crippen molar-refractivity contribution in [2.24, 2.45) is 0 Å². The molecule has 0 heterocycles. The Kier molecular flexibility index (Phi) is 7.96. The van der Waals surface area contributed by atoms with Gasteiger partial charge >= 0.3 is 0 Å². The molecular formula is C20H24N2O5. The van der Waals surface area contributed by atoms with Gasteiger partial charge in [0, 0.05) is 13.1 Å². The number of hydrogen-bond acceptors (Lipinski definition) is 5. The maximum atomic E-state index is 12.4. The molecule has 0 radical (unpaired) electrons. The number of ether oxygens (including phenoxy) is 3. The van der Waals surface area contributed by atoms with Crippen molar-refractivity contribution in [3.63, 3.8) is 0 Å². The van der Waals surface area contributed by atoms with Crippen LogP contribution in [0.1, 0.15) is 16.8 Å². The molecule has 0 unspecified atom stereocenters. The lowest BCUT2D eigenvalue weighted by molar-refractivity contribution is -0.121. The highest BCUT2D eigenvalue weighted by atomic mass is 16.5. The van der Waals surface area contributed by atoms with Crippen LogP contribution < -0.4 is 24.8 Å². The first-order valence-electron chi connectivity index (χ1n) is 8.59. The highest BCUT2D eigenvalue weighted by Crippen LogP contribution is 2.27. The normalized spacial score (nSPS) is 10.0. The maximum absolute atomic E-state index is 12.4. The van der Waals surface area contributed by atoms with Crippen LogP contribution >= 0.6 is 0 Å². The molecule has 0 fully saturated rings. The van der Waals surface area contributed by atoms with Crippen LogP contribution in [0.25, 0.3) is 0 Å². The van der Waals surface area contributed by atoms with E-state index in [2.05, 4.69) is 10.6 Å². The number of hydrogen-bond donors (Lipinski definition) is 2. The summed E-state index contributed by atoms with van der Waals surface area (Å²) in [5.41, 5.74) is 0.324. The molecule has 0 atom stereocenters. The van der Waals surface area contributed by atoms with Gasteiger partial charge in [-0.2, -0.15) is 0 Å². The topological polar surface area (TPSA) is 85.9 Å². The minimum absolute atomic E-state index is 0.143. The van der Waals surface area contributed by atoms with Crippen LogP contribution in [0.2, 0.25) is 0 Å². The first kappa shape index (κ1) is 20.1. The Hall–Kier alpha value is -3.22. The maximum Gasteiger partial charge on any atom is 0.258 e. The van der Waals surface area contributed by atoms with Gasteiger partial charge in [0.05, 0.1) is 27.2 Å². The van der Waals surface area contributed by atoms with Crippen LogP contribution in [-0.2, 0) is 4.79 Å². The van der Waals surface area contributed by atoms with Gasteiger partial charge in [0.1, 0.15) is 22.8 Å². The smallest absolute Gasteiger partial charge is 0.258 e. The Labute approximate surface area is 158 Å². The SMILES string of the molecule is COc1cccc(OC)c1C(=O)NCCNC(=O)CCOc1ccccc1. The molecule has 2 aromatic carbocycles. The van der Waals surface area contributed by atoms with Crippen molar-refractivity contribution in [3.05, 3.63) is 54.1 Å². The number of para-hydroxylation sites is 1. The number of methoxy groups -OCH3 is 2. The molecule has 144 valence electrons. The summed E-state index contributed by atoms with van der Waals surface area (Å²) in [6, 6.07) is 14.4. The van der Waals surface area contributed by atoms with Gasteiger partial charge in [0.25, 0.3) is 5.91 Å². The lowest BCUT2D eigenvalue weighted by atomic mass is 10.1. The van der Waals surface area contributed by atoms with E-state index in [4.69, 9.17) is 14.2 Å². The first-order valence-corrected chi connectivity index (χ1v) is 8.59. The summed E-state index contributed by atoms with van der Waals surface area (Å²) < 4.78 is 15.9. The van der Waals surface area contributed by atoms with Gasteiger partial charge in [-0.1, -0.05) is 24.3 Å². The largest absolute Gasteiger partial charge is 0.496 e. The van der Waals surface area contributed by atoms with Gasteiger partial charge in [-0.15, -0.1) is 0 Å². The average molecular weight is 372 g/mol. The number of carbonyl (C=O) groups is 2. The summed E-state index contributed by atoms with van der Waals surface area (Å²) in [5, 5.41) is 5.48. The number of nitrogens with one attached hydrogen (secondary N) is 2. The predicted molar refractivity (Wildman–Crippen MR) is 101 cm³/mol. The fourth-order valence-electron chi connectivity index (χ4n) is 2.41. The summed E-state index contributed by atoms with van der Waals surface area (Å²) in [6.45, 7) is 0.888. The molecule has 27 heavy (non-hydrogen) atoms. The van der Waals surface area contributed by atoms with Gasteiger partial charge in [-0.3, -0.25) is 9.59 Å². The number of rotatable bonds is 10. The standard InChI is InChI=1S/C20H24N2O5/c1-25-16-9-6-10-17(26-2)19(16)20(24)22-13-12-21-18(23)11-14-27-15-7-4-3-5-8-15/h3-10H,11-14H2,1-2H3,(H,21,23)(H,22,24). The Bertz CT molecular complexity index is 727. The summed E-state index contributed by atoms with van der Waals surface area (Å²) >= 11 is 0. The van der Waals surface area contributed by atoms with Crippen molar-refractivity contribution in [1.29, 1.82) is 0 Å². The molecule has 0 aromatic heterocycles. The lowest BCUT2D eigenvalue weighted by Crippen LogP contribution is -2.35. The van der Waals surface area contributed by atoms with E-state index in [0.717, 1.165) is 5.75 Å². The Morgan fingerprint density at radius 2 is 1.48 bits per heavy atom. The molecule has 0 aliphatic heterocycles. The van der Waals surface area contributed by atoms with E-state index in [0.29, 0.717) is 30.2 Å².